The monoisotopic (exact) mass is 288 g/mol. The van der Waals surface area contributed by atoms with E-state index in [0.29, 0.717) is 5.56 Å². The van der Waals surface area contributed by atoms with Crippen LogP contribution in [0.25, 0.3) is 0 Å². The molecule has 1 amide bonds. The Morgan fingerprint density at radius 3 is 2.52 bits per heavy atom. The molecule has 2 rings (SSSR count). The van der Waals surface area contributed by atoms with Gasteiger partial charge in [0.1, 0.15) is 11.5 Å². The van der Waals surface area contributed by atoms with Crippen molar-refractivity contribution in [1.29, 1.82) is 0 Å². The fourth-order valence-corrected chi connectivity index (χ4v) is 1.80. The SMILES string of the molecule is Cc1c(O)cccc1C(=O)Nc1ccc([N+](=O)[O-])cc1O. The van der Waals surface area contributed by atoms with E-state index in [1.165, 1.54) is 30.3 Å². The van der Waals surface area contributed by atoms with Gasteiger partial charge in [-0.15, -0.1) is 0 Å². The van der Waals surface area contributed by atoms with E-state index in [1.807, 2.05) is 0 Å². The smallest absolute Gasteiger partial charge is 0.273 e. The third-order valence-corrected chi connectivity index (χ3v) is 2.99. The number of non-ortho nitro benzene ring substituents is 1. The van der Waals surface area contributed by atoms with Crippen LogP contribution in [-0.2, 0) is 0 Å². The number of anilines is 1. The van der Waals surface area contributed by atoms with Gasteiger partial charge in [-0.2, -0.15) is 0 Å². The summed E-state index contributed by atoms with van der Waals surface area (Å²) in [6.45, 7) is 1.58. The summed E-state index contributed by atoms with van der Waals surface area (Å²) in [6.07, 6.45) is 0. The zero-order valence-corrected chi connectivity index (χ0v) is 11.0. The van der Waals surface area contributed by atoms with E-state index in [-0.39, 0.29) is 22.7 Å². The van der Waals surface area contributed by atoms with Gasteiger partial charge in [0, 0.05) is 17.2 Å². The number of nitro benzene ring substituents is 1. The lowest BCUT2D eigenvalue weighted by atomic mass is 10.1. The van der Waals surface area contributed by atoms with E-state index >= 15 is 0 Å². The van der Waals surface area contributed by atoms with Crippen LogP contribution in [0.1, 0.15) is 15.9 Å². The second-order valence-electron chi connectivity index (χ2n) is 4.36. The molecule has 0 saturated carbocycles. The van der Waals surface area contributed by atoms with Crippen molar-refractivity contribution in [3.05, 3.63) is 57.6 Å². The number of rotatable bonds is 3. The number of aromatic hydroxyl groups is 2. The van der Waals surface area contributed by atoms with Gasteiger partial charge in [0.2, 0.25) is 0 Å². The minimum absolute atomic E-state index is 0.0180. The van der Waals surface area contributed by atoms with Crippen molar-refractivity contribution in [2.45, 2.75) is 6.92 Å². The molecule has 21 heavy (non-hydrogen) atoms. The van der Waals surface area contributed by atoms with Crippen LogP contribution in [0.5, 0.6) is 11.5 Å². The average Bonchev–Trinajstić information content (AvgIpc) is 2.43. The zero-order valence-electron chi connectivity index (χ0n) is 11.0. The first-order valence-electron chi connectivity index (χ1n) is 5.97. The quantitative estimate of drug-likeness (QED) is 0.456. The van der Waals surface area contributed by atoms with E-state index in [2.05, 4.69) is 5.32 Å². The number of phenolic OH excluding ortho intramolecular Hbond substituents is 2. The molecule has 2 aromatic carbocycles. The number of phenols is 2. The van der Waals surface area contributed by atoms with Crippen molar-refractivity contribution in [1.82, 2.24) is 0 Å². The molecule has 0 fully saturated rings. The Balaban J connectivity index is 2.28. The molecule has 7 heteroatoms. The number of benzene rings is 2. The molecule has 0 aliphatic carbocycles. The molecule has 0 atom stereocenters. The Morgan fingerprint density at radius 1 is 1.19 bits per heavy atom. The number of nitrogens with zero attached hydrogens (tertiary/aromatic N) is 1. The van der Waals surface area contributed by atoms with Gasteiger partial charge in [0.05, 0.1) is 16.7 Å². The van der Waals surface area contributed by atoms with Crippen LogP contribution in [0.4, 0.5) is 11.4 Å². The largest absolute Gasteiger partial charge is 0.508 e. The van der Waals surface area contributed by atoms with Crippen LogP contribution >= 0.6 is 0 Å². The molecule has 7 nitrogen and oxygen atoms in total. The van der Waals surface area contributed by atoms with Crippen molar-refractivity contribution < 1.29 is 19.9 Å². The zero-order chi connectivity index (χ0) is 15.6. The first kappa shape index (κ1) is 14.3. The maximum Gasteiger partial charge on any atom is 0.273 e. The predicted molar refractivity (Wildman–Crippen MR) is 75.6 cm³/mol. The molecule has 108 valence electrons. The first-order chi connectivity index (χ1) is 9.90. The molecule has 0 heterocycles. The van der Waals surface area contributed by atoms with Crippen LogP contribution in [-0.4, -0.2) is 21.0 Å². The Labute approximate surface area is 119 Å². The summed E-state index contributed by atoms with van der Waals surface area (Å²) in [5.74, 6) is -0.960. The summed E-state index contributed by atoms with van der Waals surface area (Å²) in [5, 5.41) is 32.3. The Hall–Kier alpha value is -3.09. The summed E-state index contributed by atoms with van der Waals surface area (Å²) in [6, 6.07) is 7.86. The molecule has 0 unspecified atom stereocenters. The maximum absolute atomic E-state index is 12.1. The molecule has 0 aromatic heterocycles. The molecule has 0 radical (unpaired) electrons. The van der Waals surface area contributed by atoms with Crippen LogP contribution in [0.3, 0.4) is 0 Å². The highest BCUT2D eigenvalue weighted by Crippen LogP contribution is 2.29. The van der Waals surface area contributed by atoms with Crippen molar-refractivity contribution in [3.63, 3.8) is 0 Å². The fraction of sp³-hybridized carbons (Fsp3) is 0.0714. The Morgan fingerprint density at radius 2 is 1.90 bits per heavy atom. The summed E-state index contributed by atoms with van der Waals surface area (Å²) in [5.41, 5.74) is 0.413. The number of carbonyl (C=O) groups excluding carboxylic acids is 1. The minimum Gasteiger partial charge on any atom is -0.508 e. The summed E-state index contributed by atoms with van der Waals surface area (Å²) in [4.78, 5) is 22.0. The Kier molecular flexibility index (Phi) is 3.75. The second kappa shape index (κ2) is 5.49. The molecule has 2 aromatic rings. The van der Waals surface area contributed by atoms with Gasteiger partial charge >= 0.3 is 0 Å². The topological polar surface area (TPSA) is 113 Å². The standard InChI is InChI=1S/C14H12N2O5/c1-8-10(3-2-4-12(8)17)14(19)15-11-6-5-9(16(20)21)7-13(11)18/h2-7,17-18H,1H3,(H,15,19). The average molecular weight is 288 g/mol. The highest BCUT2D eigenvalue weighted by atomic mass is 16.6. The predicted octanol–water partition coefficient (Wildman–Crippen LogP) is 2.57. The molecular formula is C14H12N2O5. The van der Waals surface area contributed by atoms with Crippen molar-refractivity contribution in [2.24, 2.45) is 0 Å². The van der Waals surface area contributed by atoms with Crippen LogP contribution in [0.15, 0.2) is 36.4 Å². The lowest BCUT2D eigenvalue weighted by Crippen LogP contribution is -2.13. The van der Waals surface area contributed by atoms with Gasteiger partial charge in [-0.05, 0) is 25.1 Å². The van der Waals surface area contributed by atoms with Gasteiger partial charge < -0.3 is 15.5 Å². The number of nitrogens with one attached hydrogen (secondary N) is 1. The number of hydrogen-bond acceptors (Lipinski definition) is 5. The lowest BCUT2D eigenvalue weighted by molar-refractivity contribution is -0.384. The highest BCUT2D eigenvalue weighted by molar-refractivity contribution is 6.06. The van der Waals surface area contributed by atoms with Gasteiger partial charge in [-0.25, -0.2) is 0 Å². The highest BCUT2D eigenvalue weighted by Gasteiger charge is 2.15. The van der Waals surface area contributed by atoms with Crippen LogP contribution in [0.2, 0.25) is 0 Å². The van der Waals surface area contributed by atoms with Gasteiger partial charge in [-0.3, -0.25) is 14.9 Å². The third kappa shape index (κ3) is 2.92. The van der Waals surface area contributed by atoms with Crippen molar-refractivity contribution in [3.8, 4) is 11.5 Å². The summed E-state index contributed by atoms with van der Waals surface area (Å²) < 4.78 is 0. The number of amides is 1. The van der Waals surface area contributed by atoms with Gasteiger partial charge in [-0.1, -0.05) is 6.07 Å². The first-order valence-corrected chi connectivity index (χ1v) is 5.97. The fourth-order valence-electron chi connectivity index (χ4n) is 1.80. The van der Waals surface area contributed by atoms with E-state index < -0.39 is 16.6 Å². The second-order valence-corrected chi connectivity index (χ2v) is 4.36. The molecule has 0 bridgehead atoms. The summed E-state index contributed by atoms with van der Waals surface area (Å²) >= 11 is 0. The minimum atomic E-state index is -0.648. The van der Waals surface area contributed by atoms with E-state index in [1.54, 1.807) is 6.92 Å². The van der Waals surface area contributed by atoms with Gasteiger partial charge in [0.15, 0.2) is 0 Å². The molecule has 0 spiro atoms. The molecule has 0 aliphatic heterocycles. The van der Waals surface area contributed by atoms with Crippen molar-refractivity contribution >= 4 is 17.3 Å². The van der Waals surface area contributed by atoms with E-state index in [0.717, 1.165) is 6.07 Å². The van der Waals surface area contributed by atoms with E-state index in [9.17, 15) is 25.1 Å². The number of carbonyl (C=O) groups is 1. The Bertz CT molecular complexity index is 727. The number of hydrogen-bond donors (Lipinski definition) is 3. The van der Waals surface area contributed by atoms with Gasteiger partial charge in [0.25, 0.3) is 11.6 Å². The normalized spacial score (nSPS) is 10.1. The van der Waals surface area contributed by atoms with Crippen LogP contribution in [0, 0.1) is 17.0 Å². The third-order valence-electron chi connectivity index (χ3n) is 2.99. The summed E-state index contributed by atoms with van der Waals surface area (Å²) in [7, 11) is 0. The molecule has 0 aliphatic rings. The molecule has 3 N–H and O–H groups in total. The molecular weight excluding hydrogens is 276 g/mol. The van der Waals surface area contributed by atoms with Crippen LogP contribution < -0.4 is 5.32 Å². The number of nitro groups is 1. The van der Waals surface area contributed by atoms with E-state index in [4.69, 9.17) is 0 Å². The van der Waals surface area contributed by atoms with Crippen molar-refractivity contribution in [2.75, 3.05) is 5.32 Å². The lowest BCUT2D eigenvalue weighted by Gasteiger charge is -2.09. The maximum atomic E-state index is 12.1. The molecule has 0 saturated heterocycles.